The van der Waals surface area contributed by atoms with Crippen molar-refractivity contribution in [2.45, 2.75) is 161 Å². The number of hydrogen-bond donors (Lipinski definition) is 0. The topological polar surface area (TPSA) is 34.1 Å². The Morgan fingerprint density at radius 2 is 0.549 bits per heavy atom. The van der Waals surface area contributed by atoms with Crippen LogP contribution in [0.5, 0.6) is 0 Å². The number of aryl methyl sites for hydroxylation is 2. The first kappa shape index (κ1) is 76.3. The molecule has 2 nitrogen and oxygen atoms in total. The first-order valence-electron chi connectivity index (χ1n) is 23.3. The highest BCUT2D eigenvalue weighted by Gasteiger charge is 2.26. The Bertz CT molecular complexity index is 2360. The number of rotatable bonds is 6. The third kappa shape index (κ3) is 24.3. The molecule has 0 spiro atoms. The lowest BCUT2D eigenvalue weighted by Gasteiger charge is -2.28. The largest absolute Gasteiger partial charge is 0.219 e. The van der Waals surface area contributed by atoms with Crippen LogP contribution in [0.1, 0.15) is 157 Å². The minimum Gasteiger partial charge on any atom is -0.219 e. The molecule has 0 saturated carbocycles. The maximum Gasteiger partial charge on any atom is 0.206 e. The Morgan fingerprint density at radius 3 is 0.817 bits per heavy atom. The van der Waals surface area contributed by atoms with Gasteiger partial charge in [0.05, 0.1) is 9.79 Å². The lowest BCUT2D eigenvalue weighted by molar-refractivity contribution is 0.596. The van der Waals surface area contributed by atoms with Crippen LogP contribution in [-0.4, -0.2) is 8.42 Å². The molecule has 0 atom stereocenters. The second kappa shape index (κ2) is 39.9. The Morgan fingerprint density at radius 1 is 0.324 bits per heavy atom. The summed E-state index contributed by atoms with van der Waals surface area (Å²) in [4.78, 5) is 0.670. The predicted octanol–water partition coefficient (Wildman–Crippen LogP) is 23.2. The fraction of sp³-hybridized carbons (Fsp3) is 0.344. The van der Waals surface area contributed by atoms with Crippen molar-refractivity contribution in [3.63, 3.8) is 0 Å². The Labute approximate surface area is 471 Å². The normalized spacial score (nSPS) is 9.63. The van der Waals surface area contributed by atoms with Crippen LogP contribution in [0.4, 0.5) is 0 Å². The van der Waals surface area contributed by atoms with E-state index in [9.17, 15) is 8.42 Å². The molecule has 0 bridgehead atoms. The van der Waals surface area contributed by atoms with Crippen LogP contribution in [0.15, 0.2) is 198 Å². The first-order chi connectivity index (χ1) is 31.8. The lowest BCUT2D eigenvalue weighted by Crippen LogP contribution is -2.19. The van der Waals surface area contributed by atoms with E-state index in [0.717, 1.165) is 23.5 Å². The van der Waals surface area contributed by atoms with Gasteiger partial charge in [0.1, 0.15) is 0 Å². The van der Waals surface area contributed by atoms with E-state index >= 15 is 0 Å². The molecule has 0 aliphatic heterocycles. The summed E-state index contributed by atoms with van der Waals surface area (Å²) >= 11 is 14.6. The van der Waals surface area contributed by atoms with Gasteiger partial charge >= 0.3 is 0 Å². The average molecular weight is 1250 g/mol. The minimum absolute atomic E-state index is 0. The average Bonchev–Trinajstić information content (AvgIpc) is 3.36. The number of hydrogen-bond acceptors (Lipinski definition) is 2. The van der Waals surface area contributed by atoms with Gasteiger partial charge in [-0.15, -0.1) is 0 Å². The summed E-state index contributed by atoms with van der Waals surface area (Å²) in [6, 6.07) is 55.7. The Balaban J connectivity index is -0.000000264. The second-order valence-electron chi connectivity index (χ2n) is 15.4. The molecule has 0 unspecified atom stereocenters. The molecule has 7 rings (SSSR count). The Kier molecular flexibility index (Phi) is 42.9. The summed E-state index contributed by atoms with van der Waals surface area (Å²) in [6.07, 6.45) is 0. The molecule has 0 saturated heterocycles. The molecule has 0 amide bonds. The van der Waals surface area contributed by atoms with Crippen molar-refractivity contribution in [2.75, 3.05) is 0 Å². The van der Waals surface area contributed by atoms with Crippen LogP contribution >= 0.6 is 63.7 Å². The van der Waals surface area contributed by atoms with Crippen molar-refractivity contribution in [2.24, 2.45) is 0 Å². The maximum atomic E-state index is 12.1. The molecule has 7 aromatic carbocycles. The zero-order valence-corrected chi connectivity index (χ0v) is 50.1. The summed E-state index contributed by atoms with van der Waals surface area (Å²) in [7, 11) is -3.36. The molecule has 0 radical (unpaired) electrons. The molecule has 0 fully saturated rings. The van der Waals surface area contributed by atoms with Gasteiger partial charge in [0.2, 0.25) is 9.84 Å². The number of sulfone groups is 1. The number of halogens is 4. The van der Waals surface area contributed by atoms with Crippen LogP contribution in [-0.2, 0) is 20.7 Å². The van der Waals surface area contributed by atoms with Crippen molar-refractivity contribution < 1.29 is 8.42 Å². The summed E-state index contributed by atoms with van der Waals surface area (Å²) in [6.45, 7) is 33.2. The van der Waals surface area contributed by atoms with Crippen LogP contribution in [0.3, 0.4) is 0 Å². The molecule has 0 aromatic heterocycles. The van der Waals surface area contributed by atoms with Gasteiger partial charge in [-0.1, -0.05) is 309 Å². The molecule has 0 N–H and O–H groups in total. The van der Waals surface area contributed by atoms with Gasteiger partial charge in [-0.05, 0) is 110 Å². The summed E-state index contributed by atoms with van der Waals surface area (Å²) in [5, 5.41) is 0. The summed E-state index contributed by atoms with van der Waals surface area (Å²) < 4.78 is 28.8. The molecule has 0 aliphatic rings. The monoisotopic (exact) mass is 1240 g/mol. The van der Waals surface area contributed by atoms with Crippen molar-refractivity contribution in [3.05, 3.63) is 232 Å². The van der Waals surface area contributed by atoms with E-state index < -0.39 is 9.84 Å². The van der Waals surface area contributed by atoms with Crippen molar-refractivity contribution in [1.82, 2.24) is 0 Å². The van der Waals surface area contributed by atoms with Gasteiger partial charge in [0.15, 0.2) is 0 Å². The zero-order valence-electron chi connectivity index (χ0n) is 42.9. The SMILES string of the molecule is C.C.C.C.CC.CC.CC.CC.CC(C)(c1ccccc1)c1ccccc1.Cc1c(Br)cc(C(C)(C)c2cc(Br)c(C)c(Br)c2)cc1Br.Cc1ccc(S(=O)(=O)c2ccccc2)cc1.Cc1ccccc1. The van der Waals surface area contributed by atoms with Gasteiger partial charge in [-0.25, -0.2) is 8.42 Å². The van der Waals surface area contributed by atoms with Gasteiger partial charge in [-0.3, -0.25) is 0 Å². The van der Waals surface area contributed by atoms with Crippen molar-refractivity contribution >= 4 is 73.6 Å². The third-order valence-electron chi connectivity index (χ3n) is 10.3. The van der Waals surface area contributed by atoms with Crippen LogP contribution in [0.25, 0.3) is 0 Å². The fourth-order valence-electron chi connectivity index (χ4n) is 6.04. The van der Waals surface area contributed by atoms with Gasteiger partial charge in [0.25, 0.3) is 0 Å². The van der Waals surface area contributed by atoms with Crippen molar-refractivity contribution in [3.8, 4) is 0 Å². The van der Waals surface area contributed by atoms with E-state index in [1.807, 2.05) is 80.5 Å². The highest BCUT2D eigenvalue weighted by Crippen LogP contribution is 2.40. The molecule has 7 aromatic rings. The van der Waals surface area contributed by atoms with Gasteiger partial charge < -0.3 is 0 Å². The standard InChI is InChI=1S/C17H16Br4.C15H16.C13H12O2S.C7H8.4C2H6.4CH4/c1-9-13(18)5-11(6-14(9)19)17(3,4)12-7-15(20)10(2)16(21)8-12;1-15(2,13-9-5-3-6-10-13)14-11-7-4-8-12-14;1-11-7-9-13(10-8-11)16(14,15)12-5-3-2-4-6-12;1-7-5-3-2-4-6-7;4*1-2;;;;/h5-8H,1-4H3;3-12H,1-2H3;2-10H,1H3;2-6H,1H3;4*1-2H3;4*1H4. The van der Waals surface area contributed by atoms with E-state index in [1.54, 1.807) is 54.6 Å². The molecular formula is C64H92Br4O2S. The van der Waals surface area contributed by atoms with E-state index in [2.05, 4.69) is 209 Å². The van der Waals surface area contributed by atoms with E-state index in [-0.39, 0.29) is 40.5 Å². The summed E-state index contributed by atoms with van der Waals surface area (Å²) in [5.41, 5.74) is 10.1. The second-order valence-corrected chi connectivity index (χ2v) is 20.8. The van der Waals surface area contributed by atoms with Gasteiger partial charge in [-0.2, -0.15) is 0 Å². The van der Waals surface area contributed by atoms with Crippen LogP contribution < -0.4 is 0 Å². The molecule has 0 heterocycles. The number of benzene rings is 7. The lowest BCUT2D eigenvalue weighted by atomic mass is 9.78. The van der Waals surface area contributed by atoms with E-state index in [0.29, 0.717) is 9.79 Å². The van der Waals surface area contributed by atoms with Crippen LogP contribution in [0, 0.1) is 27.7 Å². The fourth-order valence-corrected chi connectivity index (χ4v) is 9.70. The molecule has 394 valence electrons. The van der Waals surface area contributed by atoms with Crippen molar-refractivity contribution in [1.29, 1.82) is 0 Å². The predicted molar refractivity (Wildman–Crippen MR) is 337 cm³/mol. The maximum absolute atomic E-state index is 12.1. The third-order valence-corrected chi connectivity index (χ3v) is 15.4. The molecule has 71 heavy (non-hydrogen) atoms. The van der Waals surface area contributed by atoms with E-state index in [4.69, 9.17) is 0 Å². The molecule has 7 heteroatoms. The van der Waals surface area contributed by atoms with Crippen LogP contribution in [0.2, 0.25) is 0 Å². The smallest absolute Gasteiger partial charge is 0.206 e. The zero-order chi connectivity index (χ0) is 51.4. The van der Waals surface area contributed by atoms with Gasteiger partial charge in [0, 0.05) is 28.7 Å². The minimum atomic E-state index is -3.36. The Hall–Kier alpha value is -3.59. The first-order valence-corrected chi connectivity index (χ1v) is 27.9. The highest BCUT2D eigenvalue weighted by molar-refractivity contribution is 9.11. The molecule has 0 aliphatic carbocycles. The van der Waals surface area contributed by atoms with E-state index in [1.165, 1.54) is 38.9 Å². The quantitative estimate of drug-likeness (QED) is 0.166. The highest BCUT2D eigenvalue weighted by atomic mass is 79.9. The summed E-state index contributed by atoms with van der Waals surface area (Å²) in [5.74, 6) is 0. The molecular weight excluding hydrogens is 1150 g/mol.